The van der Waals surface area contributed by atoms with Gasteiger partial charge in [0.25, 0.3) is 0 Å². The maximum absolute atomic E-state index is 12.0. The molecule has 0 saturated carbocycles. The van der Waals surface area contributed by atoms with Gasteiger partial charge in [0.05, 0.1) is 17.6 Å². The molecule has 2 aliphatic heterocycles. The maximum atomic E-state index is 12.0. The molecular formula is C21H27N5O5S. The first-order valence-corrected chi connectivity index (χ1v) is 12.5. The lowest BCUT2D eigenvalue weighted by Crippen LogP contribution is -2.48. The lowest BCUT2D eigenvalue weighted by molar-refractivity contribution is 0.0431. The van der Waals surface area contributed by atoms with Crippen LogP contribution in [-0.2, 0) is 21.0 Å². The number of hydrogen-bond acceptors (Lipinski definition) is 9. The molecule has 0 N–H and O–H groups in total. The molecular weight excluding hydrogens is 434 g/mol. The van der Waals surface area contributed by atoms with Crippen LogP contribution in [0.15, 0.2) is 29.6 Å². The predicted molar refractivity (Wildman–Crippen MR) is 117 cm³/mol. The van der Waals surface area contributed by atoms with E-state index in [1.807, 2.05) is 11.8 Å². The van der Waals surface area contributed by atoms with Crippen LogP contribution < -0.4 is 9.64 Å². The summed E-state index contributed by atoms with van der Waals surface area (Å²) in [5.41, 5.74) is 0.907. The van der Waals surface area contributed by atoms with E-state index in [1.54, 1.807) is 17.0 Å². The van der Waals surface area contributed by atoms with Crippen LogP contribution >= 0.6 is 0 Å². The second-order valence-electron chi connectivity index (χ2n) is 8.00. The first-order chi connectivity index (χ1) is 15.3. The summed E-state index contributed by atoms with van der Waals surface area (Å²) in [7, 11) is -1.90. The number of rotatable bonds is 5. The van der Waals surface area contributed by atoms with Crippen molar-refractivity contribution in [3.05, 3.63) is 30.2 Å². The number of nitrogens with zero attached hydrogens (tertiary/aromatic N) is 5. The highest BCUT2D eigenvalue weighted by Crippen LogP contribution is 2.37. The summed E-state index contributed by atoms with van der Waals surface area (Å²) in [5, 5.41) is 0. The van der Waals surface area contributed by atoms with Crippen molar-refractivity contribution in [3.63, 3.8) is 0 Å². The van der Waals surface area contributed by atoms with Crippen LogP contribution in [0, 0.1) is 0 Å². The van der Waals surface area contributed by atoms with Crippen LogP contribution in [0.1, 0.15) is 31.7 Å². The van der Waals surface area contributed by atoms with Gasteiger partial charge in [-0.15, -0.1) is 0 Å². The quantitative estimate of drug-likeness (QED) is 0.662. The monoisotopic (exact) mass is 461 g/mol. The van der Waals surface area contributed by atoms with Crippen LogP contribution in [0.5, 0.6) is 5.88 Å². The molecule has 1 fully saturated rings. The van der Waals surface area contributed by atoms with Gasteiger partial charge in [-0.2, -0.15) is 0 Å². The van der Waals surface area contributed by atoms with Gasteiger partial charge in [0.1, 0.15) is 24.1 Å². The van der Waals surface area contributed by atoms with Gasteiger partial charge in [0, 0.05) is 44.4 Å². The van der Waals surface area contributed by atoms with E-state index in [1.165, 1.54) is 19.6 Å². The highest BCUT2D eigenvalue weighted by atomic mass is 32.2. The summed E-state index contributed by atoms with van der Waals surface area (Å²) in [5.74, 6) is 1.89. The van der Waals surface area contributed by atoms with E-state index < -0.39 is 9.84 Å². The highest BCUT2D eigenvalue weighted by molar-refractivity contribution is 7.90. The lowest BCUT2D eigenvalue weighted by atomic mass is 9.98. The largest absolute Gasteiger partial charge is 0.474 e. The predicted octanol–water partition coefficient (Wildman–Crippen LogP) is 2.36. The van der Waals surface area contributed by atoms with Gasteiger partial charge in [-0.3, -0.25) is 0 Å². The number of pyridine rings is 1. The molecule has 11 heteroatoms. The van der Waals surface area contributed by atoms with Gasteiger partial charge in [0.15, 0.2) is 9.84 Å². The molecule has 0 aliphatic carbocycles. The zero-order chi connectivity index (χ0) is 22.9. The summed E-state index contributed by atoms with van der Waals surface area (Å²) in [6, 6.07) is 3.29. The number of aromatic nitrogens is 3. The van der Waals surface area contributed by atoms with E-state index in [0.717, 1.165) is 18.2 Å². The summed E-state index contributed by atoms with van der Waals surface area (Å²) < 4.78 is 34.6. The minimum absolute atomic E-state index is 0.0546. The molecule has 2 aliphatic rings. The van der Waals surface area contributed by atoms with Gasteiger partial charge >= 0.3 is 6.09 Å². The zero-order valence-corrected chi connectivity index (χ0v) is 19.2. The van der Waals surface area contributed by atoms with E-state index >= 15 is 0 Å². The molecule has 4 rings (SSSR count). The van der Waals surface area contributed by atoms with Gasteiger partial charge in [0.2, 0.25) is 5.88 Å². The molecule has 0 aromatic carbocycles. The third-order valence-corrected chi connectivity index (χ3v) is 7.07. The van der Waals surface area contributed by atoms with Gasteiger partial charge in [-0.05, 0) is 25.0 Å². The zero-order valence-electron chi connectivity index (χ0n) is 18.4. The van der Waals surface area contributed by atoms with Crippen LogP contribution in [-0.4, -0.2) is 73.0 Å². The number of ether oxygens (including phenoxy) is 2. The van der Waals surface area contributed by atoms with Crippen molar-refractivity contribution < 1.29 is 22.7 Å². The Labute approximate surface area is 187 Å². The molecule has 10 nitrogen and oxygen atoms in total. The van der Waals surface area contributed by atoms with Gasteiger partial charge in [-0.25, -0.2) is 28.2 Å². The smallest absolute Gasteiger partial charge is 0.409 e. The van der Waals surface area contributed by atoms with Crippen LogP contribution in [0.4, 0.5) is 16.4 Å². The lowest BCUT2D eigenvalue weighted by Gasteiger charge is -2.38. The molecule has 0 spiro atoms. The Hall–Kier alpha value is -2.95. The third-order valence-electron chi connectivity index (χ3n) is 5.98. The summed E-state index contributed by atoms with van der Waals surface area (Å²) in [4.78, 5) is 29.0. The second kappa shape index (κ2) is 8.89. The molecule has 32 heavy (non-hydrogen) atoms. The Morgan fingerprint density at radius 2 is 2.03 bits per heavy atom. The standard InChI is InChI=1S/C21H27N5O5S/c1-4-14-11-15(7-9-25(14)21(27)30-2)31-20-17-8-10-26(19(17)23-13-24-20)18-6-5-16(12-22-18)32(3,28)29/h5-6,12-15H,4,7-11H2,1-3H3. The fraction of sp³-hybridized carbons (Fsp3) is 0.524. The Balaban J connectivity index is 1.51. The molecule has 172 valence electrons. The van der Waals surface area contributed by atoms with Crippen molar-refractivity contribution in [2.75, 3.05) is 31.4 Å². The van der Waals surface area contributed by atoms with Crippen molar-refractivity contribution in [3.8, 4) is 5.88 Å². The molecule has 2 aromatic rings. The second-order valence-corrected chi connectivity index (χ2v) is 10.0. The first-order valence-electron chi connectivity index (χ1n) is 10.6. The number of carbonyl (C=O) groups excluding carboxylic acids is 1. The van der Waals surface area contributed by atoms with E-state index in [4.69, 9.17) is 9.47 Å². The number of amides is 1. The molecule has 0 radical (unpaired) electrons. The maximum Gasteiger partial charge on any atom is 0.409 e. The fourth-order valence-corrected chi connectivity index (χ4v) is 4.83. The van der Waals surface area contributed by atoms with Crippen molar-refractivity contribution in [1.82, 2.24) is 19.9 Å². The Kier molecular flexibility index (Phi) is 6.18. The molecule has 4 heterocycles. The van der Waals surface area contributed by atoms with Crippen molar-refractivity contribution in [2.45, 2.75) is 49.6 Å². The molecule has 1 amide bonds. The number of hydrogen-bond donors (Lipinski definition) is 0. The number of methoxy groups -OCH3 is 1. The van der Waals surface area contributed by atoms with Crippen LogP contribution in [0.3, 0.4) is 0 Å². The van der Waals surface area contributed by atoms with Crippen LogP contribution in [0.2, 0.25) is 0 Å². The van der Waals surface area contributed by atoms with E-state index in [-0.39, 0.29) is 23.1 Å². The van der Waals surface area contributed by atoms with E-state index in [2.05, 4.69) is 15.0 Å². The van der Waals surface area contributed by atoms with Gasteiger partial charge in [-0.1, -0.05) is 6.92 Å². The van der Waals surface area contributed by atoms with Crippen molar-refractivity contribution in [2.24, 2.45) is 0 Å². The molecule has 0 bridgehead atoms. The number of carbonyl (C=O) groups is 1. The SMILES string of the molecule is CCC1CC(Oc2ncnc3c2CCN3c2ccc(S(C)(=O)=O)cn2)CCN1C(=O)OC. The summed E-state index contributed by atoms with van der Waals surface area (Å²) in [6.07, 6.45) is 6.55. The van der Waals surface area contributed by atoms with E-state index in [0.29, 0.717) is 49.9 Å². The summed E-state index contributed by atoms with van der Waals surface area (Å²) in [6.45, 7) is 3.27. The number of fused-ring (bicyclic) bond motifs is 1. The average molecular weight is 462 g/mol. The summed E-state index contributed by atoms with van der Waals surface area (Å²) >= 11 is 0. The number of likely N-dealkylation sites (tertiary alicyclic amines) is 1. The van der Waals surface area contributed by atoms with Crippen molar-refractivity contribution in [1.29, 1.82) is 0 Å². The molecule has 2 aromatic heterocycles. The number of anilines is 2. The minimum Gasteiger partial charge on any atom is -0.474 e. The Bertz CT molecular complexity index is 1090. The molecule has 2 atom stereocenters. The van der Waals surface area contributed by atoms with E-state index in [9.17, 15) is 13.2 Å². The van der Waals surface area contributed by atoms with Crippen LogP contribution in [0.25, 0.3) is 0 Å². The van der Waals surface area contributed by atoms with Crippen molar-refractivity contribution >= 4 is 27.6 Å². The highest BCUT2D eigenvalue weighted by Gasteiger charge is 2.34. The first kappa shape index (κ1) is 22.3. The van der Waals surface area contributed by atoms with Gasteiger partial charge < -0.3 is 19.3 Å². The molecule has 2 unspecified atom stereocenters. The Morgan fingerprint density at radius 3 is 2.69 bits per heavy atom. The molecule has 1 saturated heterocycles. The fourth-order valence-electron chi connectivity index (χ4n) is 4.27. The minimum atomic E-state index is -3.30. The average Bonchev–Trinajstić information content (AvgIpc) is 3.23. The number of sulfone groups is 1. The number of piperidine rings is 1. The normalized spacial score (nSPS) is 20.7. The topological polar surface area (TPSA) is 115 Å². The third kappa shape index (κ3) is 4.34. The Morgan fingerprint density at radius 1 is 1.22 bits per heavy atom.